The number of fused-ring (bicyclic) bond motifs is 3. The number of phenolic OH excluding ortho intramolecular Hbond substituents is 2. The van der Waals surface area contributed by atoms with Gasteiger partial charge < -0.3 is 54.9 Å². The highest BCUT2D eigenvalue weighted by Gasteiger charge is 2.50. The van der Waals surface area contributed by atoms with Crippen LogP contribution in [0.2, 0.25) is 0 Å². The van der Waals surface area contributed by atoms with Gasteiger partial charge in [0.1, 0.15) is 35.6 Å². The number of aromatic hydroxyl groups is 2. The number of aliphatic hydroxyl groups is 4. The lowest BCUT2D eigenvalue weighted by molar-refractivity contribution is -0.247. The fraction of sp³-hybridized carbons (Fsp3) is 0.513. The summed E-state index contributed by atoms with van der Waals surface area (Å²) in [6.45, 7) is 1.61. The van der Waals surface area contributed by atoms with Crippen LogP contribution in [0.5, 0.6) is 17.2 Å². The summed E-state index contributed by atoms with van der Waals surface area (Å²) in [7, 11) is 1.29. The summed E-state index contributed by atoms with van der Waals surface area (Å²) < 4.78 is 17.5. The third-order valence-corrected chi connectivity index (χ3v) is 11.1. The van der Waals surface area contributed by atoms with Gasteiger partial charge >= 0.3 is 5.97 Å². The molecule has 2 saturated heterocycles. The fourth-order valence-electron chi connectivity index (χ4n) is 8.24. The van der Waals surface area contributed by atoms with E-state index in [0.717, 1.165) is 0 Å². The molecule has 57 heavy (non-hydrogen) atoms. The highest BCUT2D eigenvalue weighted by atomic mass is 16.7. The van der Waals surface area contributed by atoms with Gasteiger partial charge in [0.25, 0.3) is 0 Å². The number of likely N-dealkylation sites (tertiary alicyclic amines) is 1. The van der Waals surface area contributed by atoms with Crippen molar-refractivity contribution in [1.82, 2.24) is 4.90 Å². The van der Waals surface area contributed by atoms with Gasteiger partial charge in [0.05, 0.1) is 59.9 Å². The molecule has 4 aliphatic rings. The van der Waals surface area contributed by atoms with E-state index in [1.165, 1.54) is 44.1 Å². The van der Waals surface area contributed by atoms with Crippen LogP contribution in [-0.4, -0.2) is 144 Å². The number of Topliss-reactive ketones (excluding diaryl/α,β-unsaturated/α-hetero) is 2. The number of aliphatic hydroxyl groups excluding tert-OH is 3. The first-order valence-corrected chi connectivity index (χ1v) is 18.4. The Morgan fingerprint density at radius 2 is 1.72 bits per heavy atom. The Morgan fingerprint density at radius 1 is 1.02 bits per heavy atom. The van der Waals surface area contributed by atoms with Gasteiger partial charge in [0.15, 0.2) is 23.6 Å². The second-order valence-electron chi connectivity index (χ2n) is 14.8. The van der Waals surface area contributed by atoms with Gasteiger partial charge in [-0.25, -0.2) is 0 Å². The molecule has 2 aromatic carbocycles. The number of amides is 1. The number of ether oxygens (including phenoxy) is 3. The maximum absolute atomic E-state index is 14.0. The maximum atomic E-state index is 14.0. The standard InChI is InChI=1S/C39H44N2O16/c1-16(33(48)22-10-18(43)14-41(22)26(45)8-5-9-27(46)47)40-21-11-28(56-17(2)34(21)49)57-24-13-39(54,25(44)15-42)12-20-30(24)38(53)32-31(36(20)51)35(50)19-6-4-7-23(55-3)29(19)37(32)52/h4,6-7,17-18,21-22,24,28,34,42-43,49,51,53-54H,5,8-15H2,1-3H3,(H,46,47)/t17?,18-,21?,22+,24+,28?,34?,39+/m1/s1. The molecule has 7 N–H and O–H groups in total. The Hall–Kier alpha value is -5.11. The quantitative estimate of drug-likeness (QED) is 0.0958. The van der Waals surface area contributed by atoms with Crippen molar-refractivity contribution in [3.63, 3.8) is 0 Å². The number of β-amino-alcohol motifs (C(OH)–C–C–N with tert-alkyl or cyclic N) is 1. The normalized spacial score (nSPS) is 28.4. The van der Waals surface area contributed by atoms with Gasteiger partial charge in [0.2, 0.25) is 11.7 Å². The molecule has 4 unspecified atom stereocenters. The zero-order chi connectivity index (χ0) is 41.7. The van der Waals surface area contributed by atoms with Crippen LogP contribution in [0.4, 0.5) is 0 Å². The molecule has 0 spiro atoms. The van der Waals surface area contributed by atoms with Gasteiger partial charge in [-0.2, -0.15) is 0 Å². The predicted molar refractivity (Wildman–Crippen MR) is 193 cm³/mol. The molecular weight excluding hydrogens is 752 g/mol. The number of hydrogen-bond donors (Lipinski definition) is 7. The van der Waals surface area contributed by atoms with E-state index >= 15 is 0 Å². The molecule has 0 saturated carbocycles. The lowest BCUT2D eigenvalue weighted by atomic mass is 9.72. The zero-order valence-electron chi connectivity index (χ0n) is 31.3. The molecule has 2 aliphatic carbocycles. The van der Waals surface area contributed by atoms with Gasteiger partial charge in [-0.15, -0.1) is 0 Å². The molecule has 18 heteroatoms. The van der Waals surface area contributed by atoms with Crippen molar-refractivity contribution in [2.45, 2.75) is 107 Å². The summed E-state index contributed by atoms with van der Waals surface area (Å²) in [5.74, 6) is -6.48. The first-order valence-electron chi connectivity index (χ1n) is 18.4. The van der Waals surface area contributed by atoms with Gasteiger partial charge in [0, 0.05) is 61.8 Å². The number of aliphatic carboxylic acids is 1. The minimum atomic E-state index is -2.39. The lowest BCUT2D eigenvalue weighted by Gasteiger charge is -2.42. The average molecular weight is 797 g/mol. The Morgan fingerprint density at radius 3 is 2.39 bits per heavy atom. The summed E-state index contributed by atoms with van der Waals surface area (Å²) in [4.78, 5) is 83.8. The Balaban J connectivity index is 1.32. The molecule has 8 atom stereocenters. The van der Waals surface area contributed by atoms with Crippen molar-refractivity contribution in [1.29, 1.82) is 0 Å². The van der Waals surface area contributed by atoms with Gasteiger partial charge in [-0.1, -0.05) is 12.1 Å². The summed E-state index contributed by atoms with van der Waals surface area (Å²) >= 11 is 0. The monoisotopic (exact) mass is 796 g/mol. The van der Waals surface area contributed by atoms with E-state index in [2.05, 4.69) is 4.99 Å². The molecule has 2 aromatic rings. The summed E-state index contributed by atoms with van der Waals surface area (Å²) in [5, 5.41) is 75.1. The van der Waals surface area contributed by atoms with Crippen molar-refractivity contribution in [3.8, 4) is 17.2 Å². The number of carboxylic acid groups (broad SMARTS) is 1. The zero-order valence-corrected chi connectivity index (χ0v) is 31.3. The third-order valence-electron chi connectivity index (χ3n) is 11.1. The molecule has 0 aromatic heterocycles. The molecule has 2 heterocycles. The predicted octanol–water partition coefficient (Wildman–Crippen LogP) is 0.289. The van der Waals surface area contributed by atoms with Gasteiger partial charge in [-0.05, 0) is 26.3 Å². The van der Waals surface area contributed by atoms with Gasteiger partial charge in [-0.3, -0.25) is 33.8 Å². The van der Waals surface area contributed by atoms with Crippen molar-refractivity contribution in [3.05, 3.63) is 51.6 Å². The van der Waals surface area contributed by atoms with Crippen LogP contribution in [0.25, 0.3) is 0 Å². The van der Waals surface area contributed by atoms with Crippen molar-refractivity contribution < 1.29 is 78.7 Å². The highest BCUT2D eigenvalue weighted by molar-refractivity contribution is 6.41. The van der Waals surface area contributed by atoms with Crippen LogP contribution in [0.3, 0.4) is 0 Å². The van der Waals surface area contributed by atoms with Crippen LogP contribution in [0, 0.1) is 0 Å². The average Bonchev–Trinajstić information content (AvgIpc) is 3.57. The summed E-state index contributed by atoms with van der Waals surface area (Å²) in [6.07, 6.45) is -8.18. The number of benzene rings is 2. The molecular formula is C39H44N2O16. The Kier molecular flexibility index (Phi) is 11.7. The van der Waals surface area contributed by atoms with Crippen LogP contribution in [-0.2, 0) is 35.1 Å². The molecule has 2 aliphatic heterocycles. The molecule has 6 rings (SSSR count). The van der Waals surface area contributed by atoms with Crippen molar-refractivity contribution >= 4 is 40.7 Å². The number of hydrogen-bond acceptors (Lipinski definition) is 16. The second-order valence-corrected chi connectivity index (χ2v) is 14.8. The smallest absolute Gasteiger partial charge is 0.303 e. The fourth-order valence-corrected chi connectivity index (χ4v) is 8.24. The number of carboxylic acids is 1. The van der Waals surface area contributed by atoms with Crippen molar-refractivity contribution in [2.24, 2.45) is 4.99 Å². The lowest BCUT2D eigenvalue weighted by Crippen LogP contribution is -2.50. The second kappa shape index (κ2) is 16.0. The van der Waals surface area contributed by atoms with Crippen molar-refractivity contribution in [2.75, 3.05) is 20.3 Å². The Labute approximate surface area is 325 Å². The third kappa shape index (κ3) is 7.55. The SMILES string of the molecule is COc1cccc2c1C(=O)c1c(O)c3c(c(O)c1C2=O)C[C@@](O)(C(=O)CO)C[C@@H]3OC1CC(N=C(C)C(=O)[C@@H]2C[C@@H](O)CN2C(=O)CCCC(=O)O)C(O)C(C)O1. The number of carbonyl (C=O) groups excluding carboxylic acids is 5. The molecule has 306 valence electrons. The minimum absolute atomic E-state index is 0.0338. The van der Waals surface area contributed by atoms with E-state index in [1.54, 1.807) is 0 Å². The van der Waals surface area contributed by atoms with Crippen LogP contribution in [0.1, 0.15) is 101 Å². The topological polar surface area (TPSA) is 287 Å². The molecule has 1 amide bonds. The largest absolute Gasteiger partial charge is 0.507 e. The Bertz CT molecular complexity index is 2060. The number of rotatable bonds is 12. The number of aliphatic imine (C=N–C) groups is 1. The van der Waals surface area contributed by atoms with E-state index in [9.17, 15) is 59.4 Å². The number of nitrogens with zero attached hydrogens (tertiary/aromatic N) is 2. The maximum Gasteiger partial charge on any atom is 0.303 e. The first-order chi connectivity index (χ1) is 26.9. The highest BCUT2D eigenvalue weighted by Crippen LogP contribution is 2.52. The number of methoxy groups -OCH3 is 1. The van der Waals surface area contributed by atoms with E-state index in [4.69, 9.17) is 19.3 Å². The van der Waals surface area contributed by atoms with Crippen LogP contribution in [0.15, 0.2) is 23.2 Å². The molecule has 0 bridgehead atoms. The number of ketones is 4. The summed E-state index contributed by atoms with van der Waals surface area (Å²) in [5.41, 5.74) is -4.42. The summed E-state index contributed by atoms with van der Waals surface area (Å²) in [6, 6.07) is 2.08. The number of phenols is 2. The van der Waals surface area contributed by atoms with Crippen LogP contribution >= 0.6 is 0 Å². The van der Waals surface area contributed by atoms with E-state index in [-0.39, 0.29) is 72.4 Å². The van der Waals surface area contributed by atoms with E-state index in [0.29, 0.717) is 0 Å². The number of carbonyl (C=O) groups is 6. The molecule has 0 radical (unpaired) electrons. The van der Waals surface area contributed by atoms with E-state index < -0.39 is 125 Å². The van der Waals surface area contributed by atoms with E-state index in [1.807, 2.05) is 0 Å². The molecule has 18 nitrogen and oxygen atoms in total. The van der Waals surface area contributed by atoms with Crippen LogP contribution < -0.4 is 4.74 Å². The first kappa shape index (κ1) is 41.5. The minimum Gasteiger partial charge on any atom is -0.507 e. The molecule has 2 fully saturated rings.